The van der Waals surface area contributed by atoms with Crippen molar-refractivity contribution in [1.82, 2.24) is 19.7 Å². The molecule has 0 unspecified atom stereocenters. The third kappa shape index (κ3) is 5.27. The van der Waals surface area contributed by atoms with Gasteiger partial charge >= 0.3 is 0 Å². The first-order valence-electron chi connectivity index (χ1n) is 10.3. The second kappa shape index (κ2) is 9.89. The third-order valence-electron chi connectivity index (χ3n) is 5.45. The van der Waals surface area contributed by atoms with Crippen molar-refractivity contribution in [2.45, 2.75) is 43.2 Å². The Morgan fingerprint density at radius 3 is 2.57 bits per heavy atom. The number of carbonyl (C=O) groups is 1. The minimum absolute atomic E-state index is 0.137. The van der Waals surface area contributed by atoms with Crippen LogP contribution >= 0.6 is 11.8 Å². The summed E-state index contributed by atoms with van der Waals surface area (Å²) in [5, 5.41) is 4.65. The molecule has 0 bridgehead atoms. The molecule has 3 aromatic rings. The fourth-order valence-electron chi connectivity index (χ4n) is 3.86. The fraction of sp³-hybridized carbons (Fsp3) is 0.348. The standard InChI is InChI=1S/C23H25FN4OS/c24-19-5-7-21(8-6-19)30-17-23(29)28(20-3-1-2-4-20)16-15-27-14-11-22(26-27)18-9-12-25-13-10-18/h5-14,20H,1-4,15-17H2. The summed E-state index contributed by atoms with van der Waals surface area (Å²) < 4.78 is 15.0. The van der Waals surface area contributed by atoms with Crippen LogP contribution in [0, 0.1) is 5.82 Å². The van der Waals surface area contributed by atoms with E-state index in [4.69, 9.17) is 0 Å². The second-order valence-corrected chi connectivity index (χ2v) is 8.52. The molecule has 0 aliphatic heterocycles. The molecule has 0 saturated heterocycles. The lowest BCUT2D eigenvalue weighted by molar-refractivity contribution is -0.130. The van der Waals surface area contributed by atoms with Crippen molar-refractivity contribution in [2.75, 3.05) is 12.3 Å². The molecule has 1 fully saturated rings. The fourth-order valence-corrected chi connectivity index (χ4v) is 4.64. The molecule has 1 saturated carbocycles. The predicted molar refractivity (Wildman–Crippen MR) is 117 cm³/mol. The average molecular weight is 425 g/mol. The van der Waals surface area contributed by atoms with Crippen molar-refractivity contribution in [3.63, 3.8) is 0 Å². The van der Waals surface area contributed by atoms with E-state index in [2.05, 4.69) is 10.1 Å². The Kier molecular flexibility index (Phi) is 6.79. The number of aromatic nitrogens is 3. The van der Waals surface area contributed by atoms with Gasteiger partial charge in [-0.3, -0.25) is 14.5 Å². The first-order valence-corrected chi connectivity index (χ1v) is 11.3. The third-order valence-corrected chi connectivity index (χ3v) is 6.45. The van der Waals surface area contributed by atoms with Crippen molar-refractivity contribution in [3.05, 3.63) is 66.9 Å². The zero-order valence-corrected chi connectivity index (χ0v) is 17.6. The maximum atomic E-state index is 13.1. The summed E-state index contributed by atoms with van der Waals surface area (Å²) in [5.74, 6) is 0.241. The number of rotatable bonds is 8. The first kappa shape index (κ1) is 20.6. The molecule has 0 atom stereocenters. The topological polar surface area (TPSA) is 51.0 Å². The van der Waals surface area contributed by atoms with Crippen molar-refractivity contribution in [3.8, 4) is 11.3 Å². The Labute approximate surface area is 180 Å². The molecule has 2 aromatic heterocycles. The summed E-state index contributed by atoms with van der Waals surface area (Å²) in [5.41, 5.74) is 1.94. The molecule has 30 heavy (non-hydrogen) atoms. The molecule has 1 aromatic carbocycles. The Morgan fingerprint density at radius 2 is 1.83 bits per heavy atom. The summed E-state index contributed by atoms with van der Waals surface area (Å²) in [6.07, 6.45) is 9.95. The molecule has 1 amide bonds. The maximum Gasteiger partial charge on any atom is 0.233 e. The van der Waals surface area contributed by atoms with Crippen LogP contribution < -0.4 is 0 Å². The number of pyridine rings is 1. The molecule has 5 nitrogen and oxygen atoms in total. The summed E-state index contributed by atoms with van der Waals surface area (Å²) >= 11 is 1.46. The summed E-state index contributed by atoms with van der Waals surface area (Å²) in [6.45, 7) is 1.31. The molecule has 1 aliphatic carbocycles. The Bertz CT molecular complexity index is 955. The largest absolute Gasteiger partial charge is 0.337 e. The van der Waals surface area contributed by atoms with Gasteiger partial charge in [0.2, 0.25) is 5.91 Å². The average Bonchev–Trinajstić information content (AvgIpc) is 3.47. The SMILES string of the molecule is O=C(CSc1ccc(F)cc1)N(CCn1ccc(-c2ccncc2)n1)C1CCCC1. The molecule has 4 rings (SSSR count). The van der Waals surface area contributed by atoms with Crippen LogP contribution in [-0.2, 0) is 11.3 Å². The molecule has 0 radical (unpaired) electrons. The van der Waals surface area contributed by atoms with Gasteiger partial charge in [-0.25, -0.2) is 4.39 Å². The van der Waals surface area contributed by atoms with E-state index >= 15 is 0 Å². The van der Waals surface area contributed by atoms with Gasteiger partial charge < -0.3 is 4.90 Å². The van der Waals surface area contributed by atoms with Gasteiger partial charge in [0.25, 0.3) is 0 Å². The molecule has 0 spiro atoms. The number of thioether (sulfide) groups is 1. The lowest BCUT2D eigenvalue weighted by Crippen LogP contribution is -2.42. The summed E-state index contributed by atoms with van der Waals surface area (Å²) in [4.78, 5) is 20.0. The van der Waals surface area contributed by atoms with Crippen molar-refractivity contribution in [2.24, 2.45) is 0 Å². The van der Waals surface area contributed by atoms with Gasteiger partial charge in [0, 0.05) is 41.6 Å². The normalized spacial score (nSPS) is 14.2. The Hall–Kier alpha value is -2.67. The van der Waals surface area contributed by atoms with Crippen LogP contribution in [0.25, 0.3) is 11.3 Å². The second-order valence-electron chi connectivity index (χ2n) is 7.47. The van der Waals surface area contributed by atoms with Gasteiger partial charge in [0.15, 0.2) is 0 Å². The molecular formula is C23H25FN4OS. The molecule has 156 valence electrons. The minimum atomic E-state index is -0.261. The Balaban J connectivity index is 1.38. The number of benzene rings is 1. The highest BCUT2D eigenvalue weighted by Crippen LogP contribution is 2.26. The predicted octanol–water partition coefficient (Wildman–Crippen LogP) is 4.65. The van der Waals surface area contributed by atoms with Gasteiger partial charge in [0.1, 0.15) is 5.82 Å². The van der Waals surface area contributed by atoms with Gasteiger partial charge in [-0.2, -0.15) is 5.10 Å². The minimum Gasteiger partial charge on any atom is -0.337 e. The van der Waals surface area contributed by atoms with Crippen LogP contribution in [0.4, 0.5) is 4.39 Å². The highest BCUT2D eigenvalue weighted by atomic mass is 32.2. The van der Waals surface area contributed by atoms with E-state index in [1.54, 1.807) is 24.5 Å². The van der Waals surface area contributed by atoms with Gasteiger partial charge in [-0.05, 0) is 55.3 Å². The number of nitrogens with zero attached hydrogens (tertiary/aromatic N) is 4. The van der Waals surface area contributed by atoms with Gasteiger partial charge in [0.05, 0.1) is 18.0 Å². The molecule has 7 heteroatoms. The number of hydrogen-bond donors (Lipinski definition) is 0. The molecule has 1 aliphatic rings. The van der Waals surface area contributed by atoms with Crippen LogP contribution in [-0.4, -0.2) is 43.9 Å². The van der Waals surface area contributed by atoms with E-state index in [9.17, 15) is 9.18 Å². The number of carbonyl (C=O) groups excluding carboxylic acids is 1. The lowest BCUT2D eigenvalue weighted by atomic mass is 10.2. The number of amides is 1. The highest BCUT2D eigenvalue weighted by molar-refractivity contribution is 8.00. The molecule has 0 N–H and O–H groups in total. The number of halogens is 1. The van der Waals surface area contributed by atoms with E-state index in [1.165, 1.54) is 36.7 Å². The summed E-state index contributed by atoms with van der Waals surface area (Å²) in [6, 6.07) is 12.5. The summed E-state index contributed by atoms with van der Waals surface area (Å²) in [7, 11) is 0. The maximum absolute atomic E-state index is 13.1. The smallest absolute Gasteiger partial charge is 0.233 e. The van der Waals surface area contributed by atoms with E-state index in [0.717, 1.165) is 29.0 Å². The highest BCUT2D eigenvalue weighted by Gasteiger charge is 2.26. The quantitative estimate of drug-likeness (QED) is 0.494. The van der Waals surface area contributed by atoms with Crippen LogP contribution in [0.3, 0.4) is 0 Å². The van der Waals surface area contributed by atoms with Gasteiger partial charge in [-0.15, -0.1) is 11.8 Å². The molecule has 2 heterocycles. The van der Waals surface area contributed by atoms with Crippen LogP contribution in [0.1, 0.15) is 25.7 Å². The van der Waals surface area contributed by atoms with E-state index in [-0.39, 0.29) is 11.7 Å². The van der Waals surface area contributed by atoms with Crippen molar-refractivity contribution < 1.29 is 9.18 Å². The van der Waals surface area contributed by atoms with Crippen LogP contribution in [0.5, 0.6) is 0 Å². The monoisotopic (exact) mass is 424 g/mol. The first-order chi connectivity index (χ1) is 14.7. The zero-order chi connectivity index (χ0) is 20.8. The van der Waals surface area contributed by atoms with Crippen LogP contribution in [0.2, 0.25) is 0 Å². The zero-order valence-electron chi connectivity index (χ0n) is 16.8. The lowest BCUT2D eigenvalue weighted by Gasteiger charge is -2.29. The van der Waals surface area contributed by atoms with Gasteiger partial charge in [-0.1, -0.05) is 12.8 Å². The Morgan fingerprint density at radius 1 is 1.10 bits per heavy atom. The van der Waals surface area contributed by atoms with E-state index < -0.39 is 0 Å². The van der Waals surface area contributed by atoms with E-state index in [1.807, 2.05) is 34.0 Å². The van der Waals surface area contributed by atoms with Crippen LogP contribution in [0.15, 0.2) is 66.0 Å². The van der Waals surface area contributed by atoms with E-state index in [0.29, 0.717) is 24.9 Å². The van der Waals surface area contributed by atoms with Crippen molar-refractivity contribution in [1.29, 1.82) is 0 Å². The molecular weight excluding hydrogens is 399 g/mol. The van der Waals surface area contributed by atoms with Crippen molar-refractivity contribution >= 4 is 17.7 Å². The number of hydrogen-bond acceptors (Lipinski definition) is 4.